The van der Waals surface area contributed by atoms with E-state index in [4.69, 9.17) is 0 Å². The molecular weight excluding hydrogens is 254 g/mol. The maximum atomic E-state index is 9.31. The van der Waals surface area contributed by atoms with Crippen LogP contribution in [0.1, 0.15) is 37.3 Å². The van der Waals surface area contributed by atoms with E-state index in [0.29, 0.717) is 0 Å². The quantitative estimate of drug-likeness (QED) is 0.565. The SMILES string of the molecule is CNC(C)(CO)CCCCSc1ccc(C)cc1C. The van der Waals surface area contributed by atoms with Crippen molar-refractivity contribution in [2.24, 2.45) is 0 Å². The van der Waals surface area contributed by atoms with E-state index < -0.39 is 0 Å². The van der Waals surface area contributed by atoms with Gasteiger partial charge in [-0.25, -0.2) is 0 Å². The van der Waals surface area contributed by atoms with E-state index in [1.165, 1.54) is 22.4 Å². The van der Waals surface area contributed by atoms with Crippen LogP contribution in [0.5, 0.6) is 0 Å². The lowest BCUT2D eigenvalue weighted by molar-refractivity contribution is 0.171. The van der Waals surface area contributed by atoms with Crippen molar-refractivity contribution in [2.45, 2.75) is 50.5 Å². The summed E-state index contributed by atoms with van der Waals surface area (Å²) in [6, 6.07) is 6.64. The molecule has 1 aromatic rings. The molecule has 0 aliphatic carbocycles. The number of benzene rings is 1. The van der Waals surface area contributed by atoms with Gasteiger partial charge in [0, 0.05) is 10.4 Å². The van der Waals surface area contributed by atoms with Gasteiger partial charge < -0.3 is 10.4 Å². The van der Waals surface area contributed by atoms with Gasteiger partial charge in [-0.3, -0.25) is 0 Å². The zero-order valence-electron chi connectivity index (χ0n) is 12.6. The highest BCUT2D eigenvalue weighted by atomic mass is 32.2. The third-order valence-corrected chi connectivity index (χ3v) is 4.93. The molecule has 0 heterocycles. The van der Waals surface area contributed by atoms with Crippen LogP contribution in [0.4, 0.5) is 0 Å². The Hall–Kier alpha value is -0.510. The number of aryl methyl sites for hydroxylation is 2. The van der Waals surface area contributed by atoms with Crippen molar-refractivity contribution in [1.82, 2.24) is 5.32 Å². The lowest BCUT2D eigenvalue weighted by Gasteiger charge is -2.26. The minimum Gasteiger partial charge on any atom is -0.394 e. The number of rotatable bonds is 8. The smallest absolute Gasteiger partial charge is 0.0610 e. The normalized spacial score (nSPS) is 14.4. The number of aliphatic hydroxyl groups is 1. The first kappa shape index (κ1) is 16.5. The molecule has 0 bridgehead atoms. The molecule has 0 aliphatic heterocycles. The molecule has 0 fully saturated rings. The standard InChI is InChI=1S/C16H27NOS/c1-13-7-8-15(14(2)11-13)19-10-6-5-9-16(3,12-18)17-4/h7-8,11,17-18H,5-6,9-10,12H2,1-4H3. The van der Waals surface area contributed by atoms with Crippen molar-refractivity contribution in [3.63, 3.8) is 0 Å². The van der Waals surface area contributed by atoms with E-state index in [0.717, 1.165) is 18.6 Å². The fourth-order valence-corrected chi connectivity index (χ4v) is 3.06. The van der Waals surface area contributed by atoms with Crippen LogP contribution in [-0.2, 0) is 0 Å². The molecule has 1 rings (SSSR count). The zero-order valence-corrected chi connectivity index (χ0v) is 13.4. The highest BCUT2D eigenvalue weighted by molar-refractivity contribution is 7.99. The summed E-state index contributed by atoms with van der Waals surface area (Å²) in [4.78, 5) is 1.39. The first-order chi connectivity index (χ1) is 9.00. The molecule has 3 heteroatoms. The Morgan fingerprint density at radius 3 is 2.58 bits per heavy atom. The molecule has 108 valence electrons. The fourth-order valence-electron chi connectivity index (χ4n) is 2.04. The number of hydrogen-bond donors (Lipinski definition) is 2. The Morgan fingerprint density at radius 1 is 1.26 bits per heavy atom. The van der Waals surface area contributed by atoms with E-state index in [1.54, 1.807) is 0 Å². The molecule has 0 saturated heterocycles. The summed E-state index contributed by atoms with van der Waals surface area (Å²) in [6.07, 6.45) is 3.36. The number of nitrogens with one attached hydrogen (secondary N) is 1. The monoisotopic (exact) mass is 281 g/mol. The summed E-state index contributed by atoms with van der Waals surface area (Å²) in [7, 11) is 1.92. The van der Waals surface area contributed by atoms with Gasteiger partial charge >= 0.3 is 0 Å². The summed E-state index contributed by atoms with van der Waals surface area (Å²) in [5.41, 5.74) is 2.58. The Kier molecular flexibility index (Phi) is 6.90. The molecule has 1 aromatic carbocycles. The number of hydrogen-bond acceptors (Lipinski definition) is 3. The molecule has 0 spiro atoms. The summed E-state index contributed by atoms with van der Waals surface area (Å²) in [6.45, 7) is 6.59. The van der Waals surface area contributed by atoms with Gasteiger partial charge in [0.15, 0.2) is 0 Å². The number of likely N-dealkylation sites (N-methyl/N-ethyl adjacent to an activating group) is 1. The third kappa shape index (κ3) is 5.55. The predicted octanol–water partition coefficient (Wildman–Crippen LogP) is 3.54. The number of thioether (sulfide) groups is 1. The minimum absolute atomic E-state index is 0.121. The maximum absolute atomic E-state index is 9.31. The van der Waals surface area contributed by atoms with Gasteiger partial charge in [0.25, 0.3) is 0 Å². The second-order valence-electron chi connectivity index (χ2n) is 5.54. The van der Waals surface area contributed by atoms with Crippen LogP contribution in [0.25, 0.3) is 0 Å². The molecule has 0 saturated carbocycles. The average Bonchev–Trinajstić information content (AvgIpc) is 2.40. The van der Waals surface area contributed by atoms with E-state index in [-0.39, 0.29) is 12.1 Å². The molecule has 2 N–H and O–H groups in total. The fraction of sp³-hybridized carbons (Fsp3) is 0.625. The molecule has 0 aromatic heterocycles. The van der Waals surface area contributed by atoms with Crippen LogP contribution in [0.15, 0.2) is 23.1 Å². The molecular formula is C16H27NOS. The second kappa shape index (κ2) is 7.93. The van der Waals surface area contributed by atoms with E-state index in [9.17, 15) is 5.11 Å². The van der Waals surface area contributed by atoms with Crippen molar-refractivity contribution in [3.05, 3.63) is 29.3 Å². The van der Waals surface area contributed by atoms with Crippen LogP contribution in [0, 0.1) is 13.8 Å². The van der Waals surface area contributed by atoms with E-state index in [1.807, 2.05) is 18.8 Å². The van der Waals surface area contributed by atoms with Crippen molar-refractivity contribution in [3.8, 4) is 0 Å². The summed E-state index contributed by atoms with van der Waals surface area (Å²) in [5.74, 6) is 1.15. The van der Waals surface area contributed by atoms with Crippen LogP contribution in [0.3, 0.4) is 0 Å². The first-order valence-electron chi connectivity index (χ1n) is 7.00. The lowest BCUT2D eigenvalue weighted by Crippen LogP contribution is -2.43. The molecule has 19 heavy (non-hydrogen) atoms. The highest BCUT2D eigenvalue weighted by Crippen LogP contribution is 2.25. The predicted molar refractivity (Wildman–Crippen MR) is 85.0 cm³/mol. The lowest BCUT2D eigenvalue weighted by atomic mass is 9.96. The van der Waals surface area contributed by atoms with Gasteiger partial charge in [0.1, 0.15) is 0 Å². The summed E-state index contributed by atoms with van der Waals surface area (Å²) in [5, 5.41) is 12.5. The van der Waals surface area contributed by atoms with Gasteiger partial charge in [-0.15, -0.1) is 11.8 Å². The Bertz CT molecular complexity index is 388. The average molecular weight is 281 g/mol. The van der Waals surface area contributed by atoms with Crippen LogP contribution in [-0.4, -0.2) is 30.1 Å². The van der Waals surface area contributed by atoms with Gasteiger partial charge in [-0.05, 0) is 58.0 Å². The summed E-state index contributed by atoms with van der Waals surface area (Å²) >= 11 is 1.94. The molecule has 1 atom stereocenters. The van der Waals surface area contributed by atoms with Crippen LogP contribution in [0.2, 0.25) is 0 Å². The molecule has 2 nitrogen and oxygen atoms in total. The van der Waals surface area contributed by atoms with Gasteiger partial charge in [0.05, 0.1) is 6.61 Å². The van der Waals surface area contributed by atoms with Gasteiger partial charge in [0.2, 0.25) is 0 Å². The van der Waals surface area contributed by atoms with Crippen molar-refractivity contribution < 1.29 is 5.11 Å². The first-order valence-corrected chi connectivity index (χ1v) is 7.99. The maximum Gasteiger partial charge on any atom is 0.0610 e. The van der Waals surface area contributed by atoms with Crippen LogP contribution >= 0.6 is 11.8 Å². The summed E-state index contributed by atoms with van der Waals surface area (Å²) < 4.78 is 0. The minimum atomic E-state index is -0.121. The van der Waals surface area contributed by atoms with E-state index in [2.05, 4.69) is 44.3 Å². The van der Waals surface area contributed by atoms with Crippen molar-refractivity contribution in [2.75, 3.05) is 19.4 Å². The molecule has 0 amide bonds. The Balaban J connectivity index is 2.28. The van der Waals surface area contributed by atoms with Gasteiger partial charge in [-0.2, -0.15) is 0 Å². The Labute approximate surface area is 122 Å². The second-order valence-corrected chi connectivity index (χ2v) is 6.68. The number of unbranched alkanes of at least 4 members (excludes halogenated alkanes) is 1. The largest absolute Gasteiger partial charge is 0.394 e. The molecule has 0 aliphatic rings. The Morgan fingerprint density at radius 2 is 2.00 bits per heavy atom. The van der Waals surface area contributed by atoms with Gasteiger partial charge in [-0.1, -0.05) is 24.1 Å². The topological polar surface area (TPSA) is 32.3 Å². The zero-order chi connectivity index (χ0) is 14.3. The van der Waals surface area contributed by atoms with Crippen molar-refractivity contribution >= 4 is 11.8 Å². The van der Waals surface area contributed by atoms with Crippen molar-refractivity contribution in [1.29, 1.82) is 0 Å². The highest BCUT2D eigenvalue weighted by Gasteiger charge is 2.19. The molecule has 1 unspecified atom stereocenters. The van der Waals surface area contributed by atoms with Crippen LogP contribution < -0.4 is 5.32 Å². The van der Waals surface area contributed by atoms with E-state index >= 15 is 0 Å². The third-order valence-electron chi connectivity index (χ3n) is 3.66. The molecule has 0 radical (unpaired) electrons. The number of aliphatic hydroxyl groups excluding tert-OH is 1.